The van der Waals surface area contributed by atoms with Gasteiger partial charge < -0.3 is 5.73 Å². The Bertz CT molecular complexity index is 108. The van der Waals surface area contributed by atoms with Gasteiger partial charge in [-0.25, -0.2) is 0 Å². The minimum absolute atomic E-state index is 0.327. The van der Waals surface area contributed by atoms with Crippen molar-refractivity contribution in [3.8, 4) is 0 Å². The van der Waals surface area contributed by atoms with E-state index in [-0.39, 0.29) is 0 Å². The Morgan fingerprint density at radius 3 is 2.25 bits per heavy atom. The topological polar surface area (TPSA) is 26.0 Å². The van der Waals surface area contributed by atoms with Gasteiger partial charge in [0.05, 0.1) is 0 Å². The van der Waals surface area contributed by atoms with E-state index < -0.39 is 0 Å². The maximum atomic E-state index is 5.71. The lowest BCUT2D eigenvalue weighted by Gasteiger charge is -2.30. The van der Waals surface area contributed by atoms with Gasteiger partial charge in [-0.15, -0.1) is 0 Å². The SMILES string of the molecule is CCCCCC(C)C(C)(C)CN. The van der Waals surface area contributed by atoms with Gasteiger partial charge in [0.25, 0.3) is 0 Å². The minimum Gasteiger partial charge on any atom is -0.330 e. The summed E-state index contributed by atoms with van der Waals surface area (Å²) in [6.07, 6.45) is 5.37. The average Bonchev–Trinajstić information content (AvgIpc) is 2.05. The highest BCUT2D eigenvalue weighted by Gasteiger charge is 2.23. The Morgan fingerprint density at radius 1 is 1.25 bits per heavy atom. The van der Waals surface area contributed by atoms with Crippen LogP contribution in [0.25, 0.3) is 0 Å². The van der Waals surface area contributed by atoms with Gasteiger partial charge in [-0.2, -0.15) is 0 Å². The summed E-state index contributed by atoms with van der Waals surface area (Å²) in [4.78, 5) is 0. The van der Waals surface area contributed by atoms with E-state index in [4.69, 9.17) is 5.73 Å². The summed E-state index contributed by atoms with van der Waals surface area (Å²) in [6.45, 7) is 9.91. The van der Waals surface area contributed by atoms with Crippen LogP contribution in [0.3, 0.4) is 0 Å². The van der Waals surface area contributed by atoms with Gasteiger partial charge in [0.15, 0.2) is 0 Å². The maximum Gasteiger partial charge on any atom is -0.00233 e. The van der Waals surface area contributed by atoms with Crippen LogP contribution < -0.4 is 5.73 Å². The summed E-state index contributed by atoms with van der Waals surface area (Å²) >= 11 is 0. The van der Waals surface area contributed by atoms with Crippen molar-refractivity contribution in [3.63, 3.8) is 0 Å². The molecule has 1 unspecified atom stereocenters. The lowest BCUT2D eigenvalue weighted by Crippen LogP contribution is -2.30. The summed E-state index contributed by atoms with van der Waals surface area (Å²) in [5.74, 6) is 0.758. The highest BCUT2D eigenvalue weighted by molar-refractivity contribution is 4.75. The van der Waals surface area contributed by atoms with E-state index in [9.17, 15) is 0 Å². The monoisotopic (exact) mass is 171 g/mol. The van der Waals surface area contributed by atoms with Crippen molar-refractivity contribution in [2.24, 2.45) is 17.1 Å². The normalized spacial score (nSPS) is 14.8. The fourth-order valence-electron chi connectivity index (χ4n) is 1.29. The first-order valence-corrected chi connectivity index (χ1v) is 5.24. The van der Waals surface area contributed by atoms with Gasteiger partial charge in [-0.05, 0) is 17.9 Å². The average molecular weight is 171 g/mol. The quantitative estimate of drug-likeness (QED) is 0.610. The third-order valence-corrected chi connectivity index (χ3v) is 3.10. The van der Waals surface area contributed by atoms with Crippen molar-refractivity contribution in [2.45, 2.75) is 53.4 Å². The van der Waals surface area contributed by atoms with Crippen molar-refractivity contribution in [2.75, 3.05) is 6.54 Å². The molecule has 0 aromatic carbocycles. The maximum absolute atomic E-state index is 5.71. The van der Waals surface area contributed by atoms with Crippen LogP contribution in [0.15, 0.2) is 0 Å². The summed E-state index contributed by atoms with van der Waals surface area (Å²) < 4.78 is 0. The van der Waals surface area contributed by atoms with E-state index in [0.717, 1.165) is 12.5 Å². The molecule has 0 aromatic rings. The zero-order valence-electron chi connectivity index (χ0n) is 9.19. The molecule has 0 fully saturated rings. The smallest absolute Gasteiger partial charge is 0.00233 e. The third-order valence-electron chi connectivity index (χ3n) is 3.10. The molecule has 2 N–H and O–H groups in total. The van der Waals surface area contributed by atoms with E-state index in [2.05, 4.69) is 27.7 Å². The molecule has 0 rings (SSSR count). The van der Waals surface area contributed by atoms with Crippen LogP contribution in [-0.2, 0) is 0 Å². The first kappa shape index (κ1) is 12.0. The van der Waals surface area contributed by atoms with Gasteiger partial charge in [-0.3, -0.25) is 0 Å². The number of hydrogen-bond acceptors (Lipinski definition) is 1. The summed E-state index contributed by atoms with van der Waals surface area (Å²) in [6, 6.07) is 0. The van der Waals surface area contributed by atoms with Crippen molar-refractivity contribution < 1.29 is 0 Å². The summed E-state index contributed by atoms with van der Waals surface area (Å²) in [7, 11) is 0. The van der Waals surface area contributed by atoms with Gasteiger partial charge in [0.1, 0.15) is 0 Å². The molecule has 0 spiro atoms. The molecule has 0 aliphatic carbocycles. The molecular weight excluding hydrogens is 146 g/mol. The highest BCUT2D eigenvalue weighted by atomic mass is 14.6. The second-order valence-corrected chi connectivity index (χ2v) is 4.59. The van der Waals surface area contributed by atoms with Gasteiger partial charge >= 0.3 is 0 Å². The number of nitrogens with two attached hydrogens (primary N) is 1. The standard InChI is InChI=1S/C11H25N/c1-5-6-7-8-10(2)11(3,4)9-12/h10H,5-9,12H2,1-4H3. The molecule has 1 nitrogen and oxygen atoms in total. The molecule has 0 saturated carbocycles. The molecule has 0 aromatic heterocycles. The Morgan fingerprint density at radius 2 is 1.83 bits per heavy atom. The van der Waals surface area contributed by atoms with E-state index in [1.807, 2.05) is 0 Å². The van der Waals surface area contributed by atoms with Crippen molar-refractivity contribution in [1.29, 1.82) is 0 Å². The second kappa shape index (κ2) is 5.58. The van der Waals surface area contributed by atoms with Crippen molar-refractivity contribution >= 4 is 0 Å². The lowest BCUT2D eigenvalue weighted by molar-refractivity contribution is 0.223. The molecule has 0 radical (unpaired) electrons. The molecule has 1 heteroatoms. The van der Waals surface area contributed by atoms with Crippen LogP contribution in [0, 0.1) is 11.3 Å². The highest BCUT2D eigenvalue weighted by Crippen LogP contribution is 2.29. The molecule has 0 aliphatic rings. The molecule has 1 atom stereocenters. The molecule has 0 bridgehead atoms. The Labute approximate surface area is 77.7 Å². The molecular formula is C11H25N. The predicted molar refractivity (Wildman–Crippen MR) is 56.1 cm³/mol. The van der Waals surface area contributed by atoms with E-state index in [0.29, 0.717) is 5.41 Å². The summed E-state index contributed by atoms with van der Waals surface area (Å²) in [5.41, 5.74) is 6.04. The van der Waals surface area contributed by atoms with E-state index in [1.165, 1.54) is 25.7 Å². The zero-order valence-corrected chi connectivity index (χ0v) is 9.19. The van der Waals surface area contributed by atoms with Crippen LogP contribution >= 0.6 is 0 Å². The largest absolute Gasteiger partial charge is 0.330 e. The fourth-order valence-corrected chi connectivity index (χ4v) is 1.29. The van der Waals surface area contributed by atoms with E-state index >= 15 is 0 Å². The van der Waals surface area contributed by atoms with Crippen molar-refractivity contribution in [1.82, 2.24) is 0 Å². The molecule has 0 heterocycles. The third kappa shape index (κ3) is 4.10. The predicted octanol–water partition coefficient (Wildman–Crippen LogP) is 3.19. The Hall–Kier alpha value is -0.0400. The molecule has 0 saturated heterocycles. The Balaban J connectivity index is 3.63. The summed E-state index contributed by atoms with van der Waals surface area (Å²) in [5, 5.41) is 0. The van der Waals surface area contributed by atoms with Crippen molar-refractivity contribution in [3.05, 3.63) is 0 Å². The number of unbranched alkanes of at least 4 members (excludes halogenated alkanes) is 2. The van der Waals surface area contributed by atoms with Gasteiger partial charge in [0, 0.05) is 0 Å². The molecule has 0 amide bonds. The van der Waals surface area contributed by atoms with Gasteiger partial charge in [0.2, 0.25) is 0 Å². The minimum atomic E-state index is 0.327. The lowest BCUT2D eigenvalue weighted by atomic mass is 9.77. The number of hydrogen-bond donors (Lipinski definition) is 1. The molecule has 74 valence electrons. The van der Waals surface area contributed by atoms with Crippen LogP contribution in [0.1, 0.15) is 53.4 Å². The van der Waals surface area contributed by atoms with E-state index in [1.54, 1.807) is 0 Å². The zero-order chi connectivity index (χ0) is 9.61. The van der Waals surface area contributed by atoms with Crippen LogP contribution in [0.2, 0.25) is 0 Å². The van der Waals surface area contributed by atoms with Crippen LogP contribution in [0.5, 0.6) is 0 Å². The van der Waals surface area contributed by atoms with Crippen LogP contribution in [0.4, 0.5) is 0 Å². The molecule has 12 heavy (non-hydrogen) atoms. The van der Waals surface area contributed by atoms with Crippen LogP contribution in [-0.4, -0.2) is 6.54 Å². The number of rotatable bonds is 6. The second-order valence-electron chi connectivity index (χ2n) is 4.59. The molecule has 0 aliphatic heterocycles. The van der Waals surface area contributed by atoms with Gasteiger partial charge in [-0.1, -0.05) is 53.4 Å². The fraction of sp³-hybridized carbons (Fsp3) is 1.00. The Kier molecular flexibility index (Phi) is 5.56. The first-order chi connectivity index (χ1) is 5.54. The first-order valence-electron chi connectivity index (χ1n) is 5.24.